The van der Waals surface area contributed by atoms with Gasteiger partial charge in [0.15, 0.2) is 0 Å². The summed E-state index contributed by atoms with van der Waals surface area (Å²) >= 11 is 0. The Labute approximate surface area is 112 Å². The summed E-state index contributed by atoms with van der Waals surface area (Å²) in [5.74, 6) is 1.16. The summed E-state index contributed by atoms with van der Waals surface area (Å²) in [7, 11) is 0. The fourth-order valence-corrected chi connectivity index (χ4v) is 2.24. The molecule has 2 rings (SSSR count). The Bertz CT molecular complexity index is 433. The zero-order chi connectivity index (χ0) is 13.8. The Hall–Kier alpha value is -1.85. The molecule has 0 radical (unpaired) electrons. The van der Waals surface area contributed by atoms with Gasteiger partial charge in [0.05, 0.1) is 0 Å². The van der Waals surface area contributed by atoms with Crippen LogP contribution in [0.3, 0.4) is 0 Å². The molecule has 0 spiro atoms. The number of carbonyl (C=O) groups is 1. The average Bonchev–Trinajstić information content (AvgIpc) is 2.80. The maximum atomic E-state index is 10.8. The highest BCUT2D eigenvalue weighted by molar-refractivity contribution is 5.65. The maximum absolute atomic E-state index is 10.8. The van der Waals surface area contributed by atoms with Gasteiger partial charge in [-0.15, -0.1) is 0 Å². The van der Waals surface area contributed by atoms with Crippen molar-refractivity contribution in [3.05, 3.63) is 18.0 Å². The van der Waals surface area contributed by atoms with Gasteiger partial charge in [0.1, 0.15) is 0 Å². The summed E-state index contributed by atoms with van der Waals surface area (Å²) in [5.41, 5.74) is 1.12. The predicted molar refractivity (Wildman–Crippen MR) is 72.2 cm³/mol. The van der Waals surface area contributed by atoms with E-state index in [1.165, 1.54) is 4.90 Å². The van der Waals surface area contributed by atoms with Crippen molar-refractivity contribution in [2.24, 2.45) is 5.92 Å². The van der Waals surface area contributed by atoms with Crippen molar-refractivity contribution < 1.29 is 9.90 Å². The molecule has 1 aromatic rings. The van der Waals surface area contributed by atoms with Crippen LogP contribution >= 0.6 is 0 Å². The summed E-state index contributed by atoms with van der Waals surface area (Å²) in [6.45, 7) is 5.38. The van der Waals surface area contributed by atoms with Crippen LogP contribution < -0.4 is 5.32 Å². The largest absolute Gasteiger partial charge is 0.465 e. The number of nitrogens with one attached hydrogen (secondary N) is 1. The van der Waals surface area contributed by atoms with Crippen molar-refractivity contribution >= 4 is 12.0 Å². The van der Waals surface area contributed by atoms with Crippen LogP contribution in [0.15, 0.2) is 12.4 Å². The second-order valence-corrected chi connectivity index (χ2v) is 5.37. The molecule has 0 aliphatic carbocycles. The Kier molecular flexibility index (Phi) is 4.19. The molecule has 6 nitrogen and oxygen atoms in total. The minimum Gasteiger partial charge on any atom is -0.465 e. The quantitative estimate of drug-likeness (QED) is 0.867. The number of amides is 1. The first-order valence-corrected chi connectivity index (χ1v) is 6.60. The second kappa shape index (κ2) is 5.86. The molecular weight excluding hydrogens is 244 g/mol. The SMILES string of the molecule is CC(C)Cc1cnc(N[C@@H]2CCN(C(=O)O)C2)nc1. The second-order valence-electron chi connectivity index (χ2n) is 5.37. The number of carboxylic acid groups (broad SMARTS) is 1. The number of aromatic nitrogens is 2. The lowest BCUT2D eigenvalue weighted by atomic mass is 10.1. The van der Waals surface area contributed by atoms with Crippen LogP contribution in [0, 0.1) is 5.92 Å². The van der Waals surface area contributed by atoms with Gasteiger partial charge in [-0.05, 0) is 24.3 Å². The third-order valence-electron chi connectivity index (χ3n) is 3.14. The molecule has 1 fully saturated rings. The van der Waals surface area contributed by atoms with E-state index in [0.29, 0.717) is 25.0 Å². The molecule has 19 heavy (non-hydrogen) atoms. The first-order chi connectivity index (χ1) is 9.04. The maximum Gasteiger partial charge on any atom is 0.407 e. The molecule has 0 bridgehead atoms. The lowest BCUT2D eigenvalue weighted by molar-refractivity contribution is 0.155. The van der Waals surface area contributed by atoms with Crippen LogP contribution in [-0.4, -0.2) is 45.2 Å². The Balaban J connectivity index is 1.88. The van der Waals surface area contributed by atoms with Gasteiger partial charge in [0, 0.05) is 31.5 Å². The van der Waals surface area contributed by atoms with Crippen molar-refractivity contribution in [2.75, 3.05) is 18.4 Å². The van der Waals surface area contributed by atoms with E-state index in [1.54, 1.807) is 0 Å². The number of anilines is 1. The molecule has 1 atom stereocenters. The van der Waals surface area contributed by atoms with E-state index in [-0.39, 0.29) is 6.04 Å². The minimum atomic E-state index is -0.863. The summed E-state index contributed by atoms with van der Waals surface area (Å²) in [6, 6.07) is 0.104. The summed E-state index contributed by atoms with van der Waals surface area (Å²) < 4.78 is 0. The monoisotopic (exact) mass is 264 g/mol. The minimum absolute atomic E-state index is 0.104. The van der Waals surface area contributed by atoms with E-state index in [4.69, 9.17) is 5.11 Å². The average molecular weight is 264 g/mol. The third-order valence-corrected chi connectivity index (χ3v) is 3.14. The van der Waals surface area contributed by atoms with Gasteiger partial charge < -0.3 is 15.3 Å². The van der Waals surface area contributed by atoms with E-state index in [1.807, 2.05) is 12.4 Å². The zero-order valence-electron chi connectivity index (χ0n) is 11.3. The van der Waals surface area contributed by atoms with Crippen LogP contribution in [-0.2, 0) is 6.42 Å². The van der Waals surface area contributed by atoms with Crippen LogP contribution in [0.2, 0.25) is 0 Å². The summed E-state index contributed by atoms with van der Waals surface area (Å²) in [5, 5.41) is 12.1. The highest BCUT2D eigenvalue weighted by Crippen LogP contribution is 2.13. The van der Waals surface area contributed by atoms with Crippen LogP contribution in [0.4, 0.5) is 10.7 Å². The zero-order valence-corrected chi connectivity index (χ0v) is 11.3. The van der Waals surface area contributed by atoms with E-state index >= 15 is 0 Å². The molecule has 0 aromatic carbocycles. The molecule has 1 aromatic heterocycles. The number of rotatable bonds is 4. The number of hydrogen-bond acceptors (Lipinski definition) is 4. The molecule has 0 saturated carbocycles. The Morgan fingerprint density at radius 1 is 1.53 bits per heavy atom. The van der Waals surface area contributed by atoms with Crippen molar-refractivity contribution in [2.45, 2.75) is 32.7 Å². The van der Waals surface area contributed by atoms with E-state index < -0.39 is 6.09 Å². The van der Waals surface area contributed by atoms with Gasteiger partial charge in [-0.2, -0.15) is 0 Å². The van der Waals surface area contributed by atoms with Crippen molar-refractivity contribution in [1.82, 2.24) is 14.9 Å². The van der Waals surface area contributed by atoms with E-state index in [0.717, 1.165) is 18.4 Å². The fourth-order valence-electron chi connectivity index (χ4n) is 2.24. The van der Waals surface area contributed by atoms with Gasteiger partial charge in [-0.3, -0.25) is 0 Å². The topological polar surface area (TPSA) is 78.4 Å². The summed E-state index contributed by atoms with van der Waals surface area (Å²) in [4.78, 5) is 20.8. The molecule has 1 aliphatic heterocycles. The van der Waals surface area contributed by atoms with E-state index in [2.05, 4.69) is 29.1 Å². The van der Waals surface area contributed by atoms with Gasteiger partial charge in [0.25, 0.3) is 0 Å². The molecule has 1 amide bonds. The first-order valence-electron chi connectivity index (χ1n) is 6.60. The van der Waals surface area contributed by atoms with Crippen LogP contribution in [0.1, 0.15) is 25.8 Å². The molecule has 104 valence electrons. The third kappa shape index (κ3) is 3.81. The van der Waals surface area contributed by atoms with Crippen molar-refractivity contribution in [1.29, 1.82) is 0 Å². The Morgan fingerprint density at radius 3 is 2.74 bits per heavy atom. The molecule has 2 heterocycles. The van der Waals surface area contributed by atoms with Crippen molar-refractivity contribution in [3.63, 3.8) is 0 Å². The number of nitrogens with zero attached hydrogens (tertiary/aromatic N) is 3. The van der Waals surface area contributed by atoms with Crippen LogP contribution in [0.5, 0.6) is 0 Å². The molecule has 6 heteroatoms. The molecule has 2 N–H and O–H groups in total. The Morgan fingerprint density at radius 2 is 2.21 bits per heavy atom. The highest BCUT2D eigenvalue weighted by atomic mass is 16.4. The first kappa shape index (κ1) is 13.6. The van der Waals surface area contributed by atoms with Crippen LogP contribution in [0.25, 0.3) is 0 Å². The van der Waals surface area contributed by atoms with E-state index in [9.17, 15) is 4.79 Å². The van der Waals surface area contributed by atoms with Gasteiger partial charge >= 0.3 is 6.09 Å². The molecule has 1 aliphatic rings. The molecular formula is C13H20N4O2. The lowest BCUT2D eigenvalue weighted by Gasteiger charge is -2.14. The van der Waals surface area contributed by atoms with Crippen molar-refractivity contribution in [3.8, 4) is 0 Å². The predicted octanol–water partition coefficient (Wildman–Crippen LogP) is 1.84. The molecule has 1 saturated heterocycles. The number of hydrogen-bond donors (Lipinski definition) is 2. The highest BCUT2D eigenvalue weighted by Gasteiger charge is 2.26. The molecule has 0 unspecified atom stereocenters. The van der Waals surface area contributed by atoms with Gasteiger partial charge in [-0.25, -0.2) is 14.8 Å². The van der Waals surface area contributed by atoms with Gasteiger partial charge in [-0.1, -0.05) is 13.8 Å². The number of likely N-dealkylation sites (tertiary alicyclic amines) is 1. The standard InChI is InChI=1S/C13H20N4O2/c1-9(2)5-10-6-14-12(15-7-10)16-11-3-4-17(8-11)13(18)19/h6-7,9,11H,3-5,8H2,1-2H3,(H,18,19)(H,14,15,16)/t11-/m1/s1. The summed E-state index contributed by atoms with van der Waals surface area (Å²) in [6.07, 6.45) is 4.57. The normalized spacial score (nSPS) is 18.9. The smallest absolute Gasteiger partial charge is 0.407 e. The fraction of sp³-hybridized carbons (Fsp3) is 0.615. The van der Waals surface area contributed by atoms with Gasteiger partial charge in [0.2, 0.25) is 5.95 Å². The lowest BCUT2D eigenvalue weighted by Crippen LogP contribution is -2.30.